The molecule has 5 rings (SSSR count). The first kappa shape index (κ1) is 29.3. The number of rotatable bonds is 8. The summed E-state index contributed by atoms with van der Waals surface area (Å²) in [5, 5.41) is 0. The van der Waals surface area contributed by atoms with Crippen molar-refractivity contribution in [3.8, 4) is 0 Å². The van der Waals surface area contributed by atoms with Crippen molar-refractivity contribution in [1.29, 1.82) is 0 Å². The molecule has 0 bridgehead atoms. The zero-order chi connectivity index (χ0) is 29.9. The molecule has 1 fully saturated rings. The van der Waals surface area contributed by atoms with Crippen LogP contribution in [0.15, 0.2) is 72.8 Å². The first-order chi connectivity index (χ1) is 20.2. The predicted octanol–water partition coefficient (Wildman–Crippen LogP) is 6.73. The Morgan fingerprint density at radius 3 is 2.24 bits per heavy atom. The molecule has 8 nitrogen and oxygen atoms in total. The molecule has 2 aliphatic heterocycles. The molecule has 42 heavy (non-hydrogen) atoms. The van der Waals surface area contributed by atoms with Gasteiger partial charge in [0.05, 0.1) is 41.5 Å². The molecule has 11 heteroatoms. The standard InChI is InChI=1S/C31H31F3N4O4/c1-2-36-26-14-13-23(31(32,33)34)21-27(26)37(24-9-4-3-5-10-24)30(41)38(29(36)40)25-11-6-8-22(20-25)28(39)12-7-15-35-16-18-42-19-17-35/h3-6,8-11,13-14,20-21H,2,7,12,15-19H2,1H3. The lowest BCUT2D eigenvalue weighted by Gasteiger charge is -2.27. The second-order valence-corrected chi connectivity index (χ2v) is 10.0. The monoisotopic (exact) mass is 580 g/mol. The molecule has 3 aromatic carbocycles. The largest absolute Gasteiger partial charge is 0.416 e. The van der Waals surface area contributed by atoms with Crippen LogP contribution in [0.4, 0.5) is 45.5 Å². The van der Waals surface area contributed by atoms with Gasteiger partial charge in [-0.25, -0.2) is 14.5 Å². The first-order valence-corrected chi connectivity index (χ1v) is 13.8. The number of para-hydroxylation sites is 1. The third-order valence-electron chi connectivity index (χ3n) is 7.38. The topological polar surface area (TPSA) is 73.4 Å². The maximum Gasteiger partial charge on any atom is 0.416 e. The molecule has 0 unspecified atom stereocenters. The van der Waals surface area contributed by atoms with Gasteiger partial charge in [-0.05, 0) is 62.4 Å². The number of benzene rings is 3. The van der Waals surface area contributed by atoms with Crippen molar-refractivity contribution in [2.45, 2.75) is 25.9 Å². The van der Waals surface area contributed by atoms with E-state index in [9.17, 15) is 27.6 Å². The van der Waals surface area contributed by atoms with Crippen molar-refractivity contribution in [3.05, 3.63) is 83.9 Å². The van der Waals surface area contributed by atoms with E-state index in [0.29, 0.717) is 25.2 Å². The van der Waals surface area contributed by atoms with Crippen molar-refractivity contribution in [2.24, 2.45) is 0 Å². The highest BCUT2D eigenvalue weighted by Crippen LogP contribution is 2.43. The fourth-order valence-corrected chi connectivity index (χ4v) is 5.22. The second kappa shape index (κ2) is 12.3. The number of halogens is 3. The smallest absolute Gasteiger partial charge is 0.379 e. The van der Waals surface area contributed by atoms with E-state index in [1.54, 1.807) is 49.4 Å². The van der Waals surface area contributed by atoms with Crippen LogP contribution < -0.4 is 14.7 Å². The Morgan fingerprint density at radius 2 is 1.55 bits per heavy atom. The maximum atomic E-state index is 14.2. The van der Waals surface area contributed by atoms with Gasteiger partial charge >= 0.3 is 18.2 Å². The minimum Gasteiger partial charge on any atom is -0.379 e. The van der Waals surface area contributed by atoms with E-state index in [2.05, 4.69) is 4.90 Å². The number of morpholine rings is 1. The van der Waals surface area contributed by atoms with E-state index in [1.807, 2.05) is 0 Å². The highest BCUT2D eigenvalue weighted by molar-refractivity contribution is 6.28. The van der Waals surface area contributed by atoms with Crippen molar-refractivity contribution >= 4 is 40.6 Å². The summed E-state index contributed by atoms with van der Waals surface area (Å²) in [4.78, 5) is 46.7. The molecule has 0 saturated carbocycles. The number of anilines is 4. The van der Waals surface area contributed by atoms with E-state index in [0.717, 1.165) is 41.6 Å². The number of nitrogens with zero attached hydrogens (tertiary/aromatic N) is 4. The number of hydrogen-bond donors (Lipinski definition) is 0. The van der Waals surface area contributed by atoms with Crippen LogP contribution >= 0.6 is 0 Å². The lowest BCUT2D eigenvalue weighted by molar-refractivity contribution is -0.137. The first-order valence-electron chi connectivity index (χ1n) is 13.8. The summed E-state index contributed by atoms with van der Waals surface area (Å²) in [5.41, 5.74) is -0.0943. The second-order valence-electron chi connectivity index (χ2n) is 10.0. The fourth-order valence-electron chi connectivity index (χ4n) is 5.22. The quantitative estimate of drug-likeness (QED) is 0.277. The zero-order valence-electron chi connectivity index (χ0n) is 23.1. The Hall–Kier alpha value is -4.22. The SMILES string of the molecule is CCN1C(=O)N(c2cccc(C(=O)CCCN3CCOCC3)c2)C(=O)N(c2ccccc2)c2cc(C(F)(F)F)ccc21. The Kier molecular flexibility index (Phi) is 8.60. The zero-order valence-corrected chi connectivity index (χ0v) is 23.1. The summed E-state index contributed by atoms with van der Waals surface area (Å²) in [5.74, 6) is -0.134. The van der Waals surface area contributed by atoms with Crippen molar-refractivity contribution in [1.82, 2.24) is 4.90 Å². The third kappa shape index (κ3) is 6.02. The highest BCUT2D eigenvalue weighted by Gasteiger charge is 2.41. The molecule has 3 aromatic rings. The Bertz CT molecular complexity index is 1460. The summed E-state index contributed by atoms with van der Waals surface area (Å²) in [6.45, 7) is 5.50. The third-order valence-corrected chi connectivity index (χ3v) is 7.38. The van der Waals surface area contributed by atoms with E-state index in [4.69, 9.17) is 4.74 Å². The lowest BCUT2D eigenvalue weighted by Crippen LogP contribution is -2.48. The van der Waals surface area contributed by atoms with Gasteiger partial charge in [-0.15, -0.1) is 0 Å². The Balaban J connectivity index is 1.51. The number of ether oxygens (including phenoxy) is 1. The van der Waals surface area contributed by atoms with E-state index < -0.39 is 23.8 Å². The number of imide groups is 1. The normalized spacial score (nSPS) is 16.4. The van der Waals surface area contributed by atoms with Crippen molar-refractivity contribution < 1.29 is 32.3 Å². The van der Waals surface area contributed by atoms with Crippen molar-refractivity contribution in [3.63, 3.8) is 0 Å². The molecule has 0 radical (unpaired) electrons. The molecule has 1 saturated heterocycles. The number of alkyl halides is 3. The lowest BCUT2D eigenvalue weighted by atomic mass is 10.1. The fraction of sp³-hybridized carbons (Fsp3) is 0.323. The number of amides is 4. The van der Waals surface area contributed by atoms with Gasteiger partial charge in [0.2, 0.25) is 0 Å². The van der Waals surface area contributed by atoms with Gasteiger partial charge in [0.1, 0.15) is 0 Å². The number of carbonyl (C=O) groups excluding carboxylic acids is 3. The van der Waals surface area contributed by atoms with Crippen LogP contribution in [0.2, 0.25) is 0 Å². The van der Waals surface area contributed by atoms with Crippen LogP contribution in [0.1, 0.15) is 35.7 Å². The molecule has 0 spiro atoms. The van der Waals surface area contributed by atoms with Crippen molar-refractivity contribution in [2.75, 3.05) is 54.1 Å². The van der Waals surface area contributed by atoms with E-state index >= 15 is 0 Å². The summed E-state index contributed by atoms with van der Waals surface area (Å²) in [7, 11) is 0. The highest BCUT2D eigenvalue weighted by atomic mass is 19.4. The average Bonchev–Trinajstić information content (AvgIpc) is 3.08. The summed E-state index contributed by atoms with van der Waals surface area (Å²) >= 11 is 0. The van der Waals surface area contributed by atoms with Crippen LogP contribution in [-0.4, -0.2) is 62.1 Å². The molecule has 220 valence electrons. The average molecular weight is 581 g/mol. The molecular formula is C31H31F3N4O4. The molecule has 0 N–H and O–H groups in total. The molecule has 2 heterocycles. The maximum absolute atomic E-state index is 14.2. The number of hydrogen-bond acceptors (Lipinski definition) is 5. The van der Waals surface area contributed by atoms with Gasteiger partial charge in [-0.2, -0.15) is 13.2 Å². The predicted molar refractivity (Wildman–Crippen MR) is 154 cm³/mol. The molecule has 4 amide bonds. The van der Waals surface area contributed by atoms with Crippen LogP contribution in [0, 0.1) is 0 Å². The van der Waals surface area contributed by atoms with Gasteiger partial charge in [-0.3, -0.25) is 19.5 Å². The summed E-state index contributed by atoms with van der Waals surface area (Å²) < 4.78 is 46.7. The van der Waals surface area contributed by atoms with E-state index in [-0.39, 0.29) is 41.5 Å². The van der Waals surface area contributed by atoms with Gasteiger partial charge in [0, 0.05) is 31.6 Å². The molecule has 0 atom stereocenters. The molecule has 0 aromatic heterocycles. The summed E-state index contributed by atoms with van der Waals surface area (Å²) in [6, 6.07) is 15.8. The molecule has 0 aliphatic carbocycles. The number of urea groups is 2. The van der Waals surface area contributed by atoms with Crippen LogP contribution in [-0.2, 0) is 10.9 Å². The molecule has 2 aliphatic rings. The number of ketones is 1. The van der Waals surface area contributed by atoms with Gasteiger partial charge in [0.15, 0.2) is 5.78 Å². The van der Waals surface area contributed by atoms with Crippen LogP contribution in [0.3, 0.4) is 0 Å². The number of carbonyl (C=O) groups is 3. The number of Topliss-reactive ketones (excluding diaryl/α,β-unsaturated/α-hetero) is 1. The van der Waals surface area contributed by atoms with Gasteiger partial charge in [0.25, 0.3) is 0 Å². The Labute approximate surface area is 241 Å². The van der Waals surface area contributed by atoms with E-state index in [1.165, 1.54) is 23.1 Å². The minimum absolute atomic E-state index is 0.0749. The molecular weight excluding hydrogens is 549 g/mol. The van der Waals surface area contributed by atoms with Crippen LogP contribution in [0.5, 0.6) is 0 Å². The summed E-state index contributed by atoms with van der Waals surface area (Å²) in [6.07, 6.45) is -3.73. The van der Waals surface area contributed by atoms with Gasteiger partial charge in [-0.1, -0.05) is 30.3 Å². The van der Waals surface area contributed by atoms with Gasteiger partial charge < -0.3 is 4.74 Å². The minimum atomic E-state index is -4.66. The van der Waals surface area contributed by atoms with Crippen LogP contribution in [0.25, 0.3) is 0 Å². The Morgan fingerprint density at radius 1 is 0.833 bits per heavy atom. The number of fused-ring (bicyclic) bond motifs is 1.